The highest BCUT2D eigenvalue weighted by Crippen LogP contribution is 2.61. The number of nitrogens with zero attached hydrogens (tertiary/aromatic N) is 7. The van der Waals surface area contributed by atoms with Crippen molar-refractivity contribution in [1.82, 2.24) is 50.2 Å². The van der Waals surface area contributed by atoms with Gasteiger partial charge in [0.1, 0.15) is 65.2 Å². The van der Waals surface area contributed by atoms with E-state index in [0.29, 0.717) is 63.6 Å². The smallest absolute Gasteiger partial charge is 0.481 e. The second-order valence-electron chi connectivity index (χ2n) is 30.7. The van der Waals surface area contributed by atoms with E-state index in [1.807, 2.05) is 83.7 Å². The average Bonchev–Trinajstić information content (AvgIpc) is 1.61. The van der Waals surface area contributed by atoms with Crippen molar-refractivity contribution in [2.24, 2.45) is 40.9 Å². The number of likely N-dealkylation sites (N-methyl/N-ethyl adjacent to an activating group) is 2. The first-order valence-electron chi connectivity index (χ1n) is 38.1. The summed E-state index contributed by atoms with van der Waals surface area (Å²) in [6, 6.07) is 6.71. The van der Waals surface area contributed by atoms with E-state index < -0.39 is 144 Å². The fourth-order valence-electron chi connectivity index (χ4n) is 14.3. The van der Waals surface area contributed by atoms with Crippen LogP contribution in [0.2, 0.25) is 0 Å². The zero-order valence-corrected chi connectivity index (χ0v) is 70.6. The Kier molecular flexibility index (Phi) is 38.4. The number of phosphoric ester groups is 3. The lowest BCUT2D eigenvalue weighted by molar-refractivity contribution is -0.146. The van der Waals surface area contributed by atoms with Crippen LogP contribution in [0.5, 0.6) is 0 Å². The Morgan fingerprint density at radius 3 is 2.06 bits per heavy atom. The summed E-state index contributed by atoms with van der Waals surface area (Å²) in [5, 5.41) is 48.7. The standard InChI is InChI=1S/C73H118N11O26P3S/c1-15-44(6)60(45(7)34-56(88)83-32-23-28-51(83)62(105-14)47(9)52(86)36-49(71(94)95)35-48-25-20-18-21-26-48)82(13)69(93)57(42(2)3)80-67(91)59(43(4)5)81(12)46(8)24-19-16-17-22-27-50(85)37-54(72(96)97)114-33-31-75-55(87)29-30-76-68(92)64(90)73(10,11)39-107-113(103,104)110-112(101,102)106-38-53-63(109-111(98,99)100)61(89)70(108-53)84-41-79-58-65(74)77-40-78-66(58)84/h18,20-21,25-26,40-45,47,49,51,53-54,57,59-64,70,89-90H,8,15-17,19,22-24,27-39H2,1-7,9-14H3,(H,75,87)(H,76,92)(H,80,91)(H,94,95)(H,96,97)(H,101,102)(H,103,104)(H2,74,77,78)(H2,98,99,100)/t44-,45+,47-,49+,51-,53-,54?,57-,59-,60-,61-,62+,63-,64-,70-/m0/s1. The summed E-state index contributed by atoms with van der Waals surface area (Å²) in [6.45, 7) is 20.0. The van der Waals surface area contributed by atoms with Crippen molar-refractivity contribution < 1.29 is 124 Å². The molecule has 2 aliphatic rings. The number of thioether (sulfide) groups is 1. The Morgan fingerprint density at radius 2 is 1.46 bits per heavy atom. The number of nitrogen functional groups attached to an aromatic ring is 1. The molecule has 3 aromatic rings. The molecule has 2 aliphatic heterocycles. The van der Waals surface area contributed by atoms with Gasteiger partial charge in [-0.05, 0) is 67.8 Å². The summed E-state index contributed by atoms with van der Waals surface area (Å²) in [5.74, 6) is -7.69. The number of aliphatic carboxylic acids is 2. The molecule has 0 bridgehead atoms. The number of carboxylic acids is 2. The molecule has 5 rings (SSSR count). The number of amides is 5. The largest absolute Gasteiger partial charge is 0.481 e. The summed E-state index contributed by atoms with van der Waals surface area (Å²) >= 11 is 0.956. The van der Waals surface area contributed by atoms with Gasteiger partial charge in [-0.2, -0.15) is 4.31 Å². The number of ketones is 2. The van der Waals surface area contributed by atoms with Crippen molar-refractivity contribution >= 4 is 105 Å². The molecule has 0 saturated carbocycles. The second-order valence-corrected chi connectivity index (χ2v) is 36.3. The number of carboxylic acid groups (broad SMARTS) is 2. The molecular formula is C73H118N11O26P3S. The van der Waals surface area contributed by atoms with Crippen LogP contribution in [-0.2, 0) is 90.6 Å². The van der Waals surface area contributed by atoms with Crippen molar-refractivity contribution in [3.63, 3.8) is 0 Å². The van der Waals surface area contributed by atoms with Crippen LogP contribution in [-0.4, -0.2) is 247 Å². The molecule has 5 amide bonds. The molecule has 2 fully saturated rings. The van der Waals surface area contributed by atoms with Gasteiger partial charge >= 0.3 is 35.4 Å². The number of fused-ring (bicyclic) bond motifs is 1. The highest BCUT2D eigenvalue weighted by molar-refractivity contribution is 8.00. The molecule has 1 aromatic carbocycles. The molecule has 0 aliphatic carbocycles. The van der Waals surface area contributed by atoms with Crippen LogP contribution in [0.1, 0.15) is 164 Å². The third-order valence-electron chi connectivity index (χ3n) is 20.7. The lowest BCUT2D eigenvalue weighted by Gasteiger charge is -2.41. The molecule has 0 radical (unpaired) electrons. The maximum Gasteiger partial charge on any atom is 0.481 e. The van der Waals surface area contributed by atoms with Crippen molar-refractivity contribution in [3.05, 3.63) is 60.8 Å². The first kappa shape index (κ1) is 97.9. The number of hydrogen-bond acceptors (Lipinski definition) is 26. The van der Waals surface area contributed by atoms with Gasteiger partial charge in [0, 0.05) is 102 Å². The number of imidazole rings is 1. The van der Waals surface area contributed by atoms with Crippen LogP contribution in [0, 0.1) is 40.9 Å². The van der Waals surface area contributed by atoms with E-state index in [2.05, 4.69) is 46.3 Å². The van der Waals surface area contributed by atoms with Crippen molar-refractivity contribution in [1.29, 1.82) is 0 Å². The minimum Gasteiger partial charge on any atom is -0.481 e. The van der Waals surface area contributed by atoms with Crippen molar-refractivity contribution in [3.8, 4) is 0 Å². The van der Waals surface area contributed by atoms with E-state index in [4.69, 9.17) is 24.3 Å². The number of methoxy groups -OCH3 is 1. The Morgan fingerprint density at radius 1 is 0.807 bits per heavy atom. The van der Waals surface area contributed by atoms with Gasteiger partial charge in [-0.1, -0.05) is 125 Å². The van der Waals surface area contributed by atoms with Gasteiger partial charge in [0.15, 0.2) is 17.7 Å². The predicted molar refractivity (Wildman–Crippen MR) is 419 cm³/mol. The number of allylic oxidation sites excluding steroid dienone is 1. The van der Waals surface area contributed by atoms with Gasteiger partial charge < -0.3 is 85.9 Å². The SMILES string of the molecule is C=C(CCCCCCC(=O)CC(SCCNC(=O)CCNC(=O)[C@H](O)C(C)(C)COP(=O)(O)OP(=O)(O)OC[C@@H]1O[C@H](n2cnc3c(N)ncnc32)[C@@H](O)[C@H]1OP(=O)(O)O)C(=O)O)N(C)[C@H](C(=O)N[C@H](C(=O)N(C)[C@H]([C@H](C)CC(=O)N1CCC[C@H]1[C@H](OC)[C@@H](C)C(=O)C[C@@H](Cc1ccccc1)C(=O)O)[C@@H](C)CC)C(C)C)C(C)C. The monoisotopic (exact) mass is 1690 g/mol. The molecule has 4 heterocycles. The molecule has 114 heavy (non-hydrogen) atoms. The predicted octanol–water partition coefficient (Wildman–Crippen LogP) is 5.95. The van der Waals surface area contributed by atoms with Gasteiger partial charge in [-0.15, -0.1) is 11.8 Å². The molecule has 41 heteroatoms. The molecule has 13 N–H and O–H groups in total. The van der Waals surface area contributed by atoms with Gasteiger partial charge in [0.05, 0.1) is 37.6 Å². The number of unbranched alkanes of at least 4 members (excludes halogenated alkanes) is 3. The summed E-state index contributed by atoms with van der Waals surface area (Å²) in [6.07, 6.45) is -3.02. The zero-order valence-electron chi connectivity index (χ0n) is 67.1. The molecule has 2 aromatic heterocycles. The third-order valence-corrected chi connectivity index (χ3v) is 25.0. The number of phosphoric acid groups is 3. The van der Waals surface area contributed by atoms with E-state index in [-0.39, 0.29) is 127 Å². The number of ether oxygens (including phenoxy) is 2. The van der Waals surface area contributed by atoms with Crippen LogP contribution < -0.4 is 21.7 Å². The molecule has 642 valence electrons. The second kappa shape index (κ2) is 44.7. The van der Waals surface area contributed by atoms with Crippen LogP contribution in [0.4, 0.5) is 5.82 Å². The molecule has 0 spiro atoms. The molecular weight excluding hydrogens is 1570 g/mol. The lowest BCUT2D eigenvalue weighted by atomic mass is 9.84. The summed E-state index contributed by atoms with van der Waals surface area (Å²) in [7, 11) is -11.6. The number of carbonyl (C=O) groups is 9. The quantitative estimate of drug-likeness (QED) is 0.0229. The van der Waals surface area contributed by atoms with Gasteiger partial charge in [-0.3, -0.25) is 61.3 Å². The van der Waals surface area contributed by atoms with E-state index in [0.717, 1.165) is 34.5 Å². The summed E-state index contributed by atoms with van der Waals surface area (Å²) in [5.41, 5.74) is 5.65. The Balaban J connectivity index is 0.994. The first-order valence-corrected chi connectivity index (χ1v) is 43.7. The maximum absolute atomic E-state index is 14.8. The van der Waals surface area contributed by atoms with Crippen molar-refractivity contribution in [2.75, 3.05) is 65.5 Å². The fraction of sp³-hybridized carbons (Fsp3) is 0.699. The molecule has 17 atom stereocenters. The van der Waals surface area contributed by atoms with Crippen LogP contribution in [0.3, 0.4) is 0 Å². The van der Waals surface area contributed by atoms with Crippen LogP contribution in [0.15, 0.2) is 55.3 Å². The number of anilines is 1. The minimum absolute atomic E-state index is 0.00172. The van der Waals surface area contributed by atoms with Gasteiger partial charge in [0.2, 0.25) is 29.5 Å². The summed E-state index contributed by atoms with van der Waals surface area (Å²) in [4.78, 5) is 177. The van der Waals surface area contributed by atoms with Gasteiger partial charge in [0.25, 0.3) is 0 Å². The lowest BCUT2D eigenvalue weighted by Crippen LogP contribution is -2.58. The summed E-state index contributed by atoms with van der Waals surface area (Å²) < 4.78 is 68.9. The number of likely N-dealkylation sites (tertiary alicyclic amines) is 1. The fourth-order valence-corrected chi connectivity index (χ4v) is 18.0. The number of hydrogen-bond donors (Lipinski definition) is 12. The first-order chi connectivity index (χ1) is 53.3. The highest BCUT2D eigenvalue weighted by atomic mass is 32.2. The molecule has 3 unspecified atom stereocenters. The van der Waals surface area contributed by atoms with E-state index in [9.17, 15) is 96.8 Å². The zero-order chi connectivity index (χ0) is 85.5. The Bertz CT molecular complexity index is 3890. The number of nitrogens with two attached hydrogens (primary N) is 1. The Labute approximate surface area is 669 Å². The topological polar surface area (TPSA) is 537 Å². The number of aromatic nitrogens is 4. The number of rotatable bonds is 52. The highest BCUT2D eigenvalue weighted by Gasteiger charge is 2.51. The van der Waals surface area contributed by atoms with Crippen molar-refractivity contribution in [2.45, 2.75) is 225 Å². The normalized spacial score (nSPS) is 20.4. The maximum atomic E-state index is 14.8. The van der Waals surface area contributed by atoms with E-state index in [1.165, 1.54) is 21.0 Å². The average molecular weight is 1690 g/mol. The van der Waals surface area contributed by atoms with Gasteiger partial charge in [-0.25, -0.2) is 28.6 Å². The molecule has 37 nitrogen and oxygen atoms in total. The van der Waals surface area contributed by atoms with E-state index >= 15 is 0 Å². The number of benzene rings is 1. The number of aliphatic hydroxyl groups excluding tert-OH is 2. The minimum atomic E-state index is -5.66. The number of aliphatic hydroxyl groups is 2. The molecule has 2 saturated heterocycles. The van der Waals surface area contributed by atoms with Crippen LogP contribution in [0.25, 0.3) is 11.2 Å². The number of Topliss-reactive ketones (excluding diaryl/α,β-unsaturated/α-hetero) is 2. The van der Waals surface area contributed by atoms with E-state index in [1.54, 1.807) is 30.8 Å². The van der Waals surface area contributed by atoms with Crippen LogP contribution >= 0.6 is 35.2 Å². The number of nitrogens with one attached hydrogen (secondary N) is 3. The third kappa shape index (κ3) is 29.1. The Hall–Kier alpha value is -6.70. The number of carbonyl (C=O) groups excluding carboxylic acids is 7.